The summed E-state index contributed by atoms with van der Waals surface area (Å²) in [6, 6.07) is 6.67. The van der Waals surface area contributed by atoms with E-state index >= 15 is 0 Å². The van der Waals surface area contributed by atoms with Crippen molar-refractivity contribution < 1.29 is 53.8 Å². The molecule has 0 aromatic heterocycles. The van der Waals surface area contributed by atoms with E-state index in [2.05, 4.69) is 5.32 Å². The number of likely N-dealkylation sites (tertiary alicyclic amines) is 1. The number of nitrogens with one attached hydrogen (secondary N) is 1. The first kappa shape index (κ1) is 31.8. The fourth-order valence-corrected chi connectivity index (χ4v) is 6.22. The normalized spacial score (nSPS) is 32.1. The summed E-state index contributed by atoms with van der Waals surface area (Å²) in [5.74, 6) is -3.39. The number of amides is 1. The number of rotatable bonds is 11. The molecule has 0 radical (unpaired) electrons. The summed E-state index contributed by atoms with van der Waals surface area (Å²) in [5.41, 5.74) is 1.03. The maximum Gasteiger partial charge on any atom is 0.335 e. The Kier molecular flexibility index (Phi) is 10.5. The van der Waals surface area contributed by atoms with Crippen molar-refractivity contribution in [3.8, 4) is 0 Å². The Morgan fingerprint density at radius 1 is 1.07 bits per heavy atom. The van der Waals surface area contributed by atoms with Crippen LogP contribution in [0.1, 0.15) is 51.5 Å². The smallest absolute Gasteiger partial charge is 0.335 e. The molecule has 10 atom stereocenters. The Labute approximate surface area is 243 Å². The van der Waals surface area contributed by atoms with Crippen LogP contribution in [0.15, 0.2) is 30.3 Å². The molecule has 4 rings (SSSR count). The largest absolute Gasteiger partial charge is 0.479 e. The van der Waals surface area contributed by atoms with Crippen molar-refractivity contribution in [3.63, 3.8) is 0 Å². The Morgan fingerprint density at radius 2 is 1.79 bits per heavy atom. The highest BCUT2D eigenvalue weighted by molar-refractivity contribution is 5.89. The van der Waals surface area contributed by atoms with Crippen molar-refractivity contribution in [1.29, 1.82) is 0 Å². The first-order chi connectivity index (χ1) is 20.0. The SMILES string of the molecule is CCOC(=O)[C@H](CCc1ccccc1)N[C@@H](C)C(=O)N1[C@H](C(=O)O[C@@H]2O[C@H](C(=O)O)[C@@H](O)[C@@H](O)[C@@H]2O)C[C@@H]2CCC[C@@H]21. The van der Waals surface area contributed by atoms with Gasteiger partial charge < -0.3 is 39.5 Å². The molecule has 0 spiro atoms. The highest BCUT2D eigenvalue weighted by Crippen LogP contribution is 2.42. The van der Waals surface area contributed by atoms with Crippen LogP contribution >= 0.6 is 0 Å². The number of carbonyl (C=O) groups is 4. The first-order valence-corrected chi connectivity index (χ1v) is 14.4. The maximum atomic E-state index is 13.9. The molecule has 42 heavy (non-hydrogen) atoms. The first-order valence-electron chi connectivity index (χ1n) is 14.4. The number of benzene rings is 1. The maximum absolute atomic E-state index is 13.9. The number of esters is 2. The van der Waals surface area contributed by atoms with Gasteiger partial charge in [-0.1, -0.05) is 36.8 Å². The van der Waals surface area contributed by atoms with Gasteiger partial charge in [-0.25, -0.2) is 9.59 Å². The van der Waals surface area contributed by atoms with Gasteiger partial charge >= 0.3 is 17.9 Å². The van der Waals surface area contributed by atoms with E-state index in [1.54, 1.807) is 13.8 Å². The molecule has 2 aliphatic heterocycles. The van der Waals surface area contributed by atoms with Crippen molar-refractivity contribution in [2.24, 2.45) is 5.92 Å². The third-order valence-corrected chi connectivity index (χ3v) is 8.37. The highest BCUT2D eigenvalue weighted by Gasteiger charge is 2.53. The third-order valence-electron chi connectivity index (χ3n) is 8.37. The van der Waals surface area contributed by atoms with Crippen molar-refractivity contribution in [2.45, 2.75) is 107 Å². The molecular formula is C29H40N2O11. The van der Waals surface area contributed by atoms with Gasteiger partial charge in [0.15, 0.2) is 6.10 Å². The van der Waals surface area contributed by atoms with Gasteiger partial charge in [0.1, 0.15) is 30.4 Å². The molecular weight excluding hydrogens is 552 g/mol. The lowest BCUT2D eigenvalue weighted by atomic mass is 9.99. The predicted octanol–water partition coefficient (Wildman–Crippen LogP) is -0.266. The number of nitrogens with zero attached hydrogens (tertiary/aromatic N) is 1. The van der Waals surface area contributed by atoms with Gasteiger partial charge in [0, 0.05) is 6.04 Å². The summed E-state index contributed by atoms with van der Waals surface area (Å²) in [6.45, 7) is 3.50. The number of fused-ring (bicyclic) bond motifs is 1. The van der Waals surface area contributed by atoms with E-state index in [1.807, 2.05) is 30.3 Å². The minimum absolute atomic E-state index is 0.0361. The molecule has 1 aliphatic carbocycles. The number of aliphatic carboxylic acids is 1. The summed E-state index contributed by atoms with van der Waals surface area (Å²) < 4.78 is 15.7. The van der Waals surface area contributed by atoms with Gasteiger partial charge in [-0.05, 0) is 57.4 Å². The van der Waals surface area contributed by atoms with Crippen molar-refractivity contribution in [3.05, 3.63) is 35.9 Å². The molecule has 1 amide bonds. The lowest BCUT2D eigenvalue weighted by molar-refractivity contribution is -0.287. The van der Waals surface area contributed by atoms with Crippen LogP contribution in [0.25, 0.3) is 0 Å². The van der Waals surface area contributed by atoms with Gasteiger partial charge in [0.05, 0.1) is 12.6 Å². The molecule has 5 N–H and O–H groups in total. The van der Waals surface area contributed by atoms with E-state index in [0.717, 1.165) is 18.4 Å². The number of carbonyl (C=O) groups excluding carboxylic acids is 3. The van der Waals surface area contributed by atoms with Crippen LogP contribution in [0.4, 0.5) is 0 Å². The zero-order valence-corrected chi connectivity index (χ0v) is 23.7. The summed E-state index contributed by atoms with van der Waals surface area (Å²) in [6.07, 6.45) is -5.95. The Bertz CT molecular complexity index is 1120. The molecule has 3 aliphatic rings. The summed E-state index contributed by atoms with van der Waals surface area (Å²) in [7, 11) is 0. The number of aliphatic hydroxyl groups is 3. The van der Waals surface area contributed by atoms with Crippen LogP contribution in [0.3, 0.4) is 0 Å². The molecule has 3 fully saturated rings. The van der Waals surface area contributed by atoms with E-state index in [9.17, 15) is 39.6 Å². The Morgan fingerprint density at radius 3 is 2.45 bits per heavy atom. The van der Waals surface area contributed by atoms with Crippen LogP contribution < -0.4 is 5.32 Å². The number of ether oxygens (including phenoxy) is 3. The molecule has 13 heteroatoms. The molecule has 0 unspecified atom stereocenters. The van der Waals surface area contributed by atoms with E-state index in [4.69, 9.17) is 14.2 Å². The molecule has 2 saturated heterocycles. The van der Waals surface area contributed by atoms with Crippen LogP contribution in [0.2, 0.25) is 0 Å². The lowest BCUT2D eigenvalue weighted by Gasteiger charge is -2.39. The molecule has 1 aromatic rings. The second kappa shape index (κ2) is 13.9. The van der Waals surface area contributed by atoms with Crippen LogP contribution in [-0.4, -0.2) is 111 Å². The molecule has 0 bridgehead atoms. The fourth-order valence-electron chi connectivity index (χ4n) is 6.22. The number of hydrogen-bond donors (Lipinski definition) is 5. The highest BCUT2D eigenvalue weighted by atomic mass is 16.7. The van der Waals surface area contributed by atoms with Gasteiger partial charge in [-0.15, -0.1) is 0 Å². The summed E-state index contributed by atoms with van der Waals surface area (Å²) in [4.78, 5) is 52.9. The molecule has 13 nitrogen and oxygen atoms in total. The number of aliphatic hydroxyl groups excluding tert-OH is 3. The number of aryl methyl sites for hydroxylation is 1. The van der Waals surface area contributed by atoms with E-state index in [-0.39, 0.29) is 18.6 Å². The minimum Gasteiger partial charge on any atom is -0.479 e. The van der Waals surface area contributed by atoms with E-state index < -0.39 is 72.6 Å². The van der Waals surface area contributed by atoms with Gasteiger partial charge in [0.2, 0.25) is 12.2 Å². The average Bonchev–Trinajstić information content (AvgIpc) is 3.57. The third kappa shape index (κ3) is 6.92. The van der Waals surface area contributed by atoms with E-state index in [1.165, 1.54) is 4.90 Å². The molecule has 232 valence electrons. The van der Waals surface area contributed by atoms with Gasteiger partial charge in [-0.2, -0.15) is 0 Å². The van der Waals surface area contributed by atoms with Crippen molar-refractivity contribution in [2.75, 3.05) is 6.61 Å². The second-order valence-corrected chi connectivity index (χ2v) is 11.1. The number of carboxylic acid groups (broad SMARTS) is 1. The summed E-state index contributed by atoms with van der Waals surface area (Å²) >= 11 is 0. The molecule has 1 aromatic carbocycles. The Hall–Kier alpha value is -3.10. The van der Waals surface area contributed by atoms with Gasteiger partial charge in [0.25, 0.3) is 0 Å². The standard InChI is InChI=1S/C29H40N2O11/c1-3-40-27(38)18(13-12-16-8-5-4-6-9-16)30-15(2)25(35)31-19-11-7-10-17(19)14-20(31)28(39)42-29-23(34)21(32)22(33)24(41-29)26(36)37/h4-6,8-9,15,17-24,29-30,32-34H,3,7,10-14H2,1-2H3,(H,36,37)/t15-,17-,18-,19-,20-,21+,22-,23-,24-,29-/m0/s1. The van der Waals surface area contributed by atoms with Crippen LogP contribution in [0.5, 0.6) is 0 Å². The molecule has 2 heterocycles. The monoisotopic (exact) mass is 592 g/mol. The quantitative estimate of drug-likeness (QED) is 0.212. The second-order valence-electron chi connectivity index (χ2n) is 11.1. The minimum atomic E-state index is -1.93. The topological polar surface area (TPSA) is 192 Å². The Balaban J connectivity index is 1.47. The van der Waals surface area contributed by atoms with E-state index in [0.29, 0.717) is 25.7 Å². The zero-order chi connectivity index (χ0) is 30.6. The van der Waals surface area contributed by atoms with Crippen LogP contribution in [-0.2, 0) is 39.8 Å². The van der Waals surface area contributed by atoms with Crippen LogP contribution in [0, 0.1) is 5.92 Å². The average molecular weight is 593 g/mol. The zero-order valence-electron chi connectivity index (χ0n) is 23.7. The summed E-state index contributed by atoms with van der Waals surface area (Å²) in [5, 5.41) is 42.7. The van der Waals surface area contributed by atoms with Crippen molar-refractivity contribution >= 4 is 23.8 Å². The number of carboxylic acids is 1. The van der Waals surface area contributed by atoms with Gasteiger partial charge in [-0.3, -0.25) is 14.9 Å². The predicted molar refractivity (Wildman–Crippen MR) is 145 cm³/mol. The fraction of sp³-hybridized carbons (Fsp3) is 0.655. The van der Waals surface area contributed by atoms with Crippen molar-refractivity contribution in [1.82, 2.24) is 10.2 Å². The molecule has 1 saturated carbocycles. The lowest BCUT2D eigenvalue weighted by Crippen LogP contribution is -2.61. The number of hydrogen-bond acceptors (Lipinski definition) is 11.